The molecule has 9 heteroatoms. The molecule has 0 aliphatic heterocycles. The molecule has 1 aliphatic carbocycles. The van der Waals surface area contributed by atoms with Gasteiger partial charge in [0.15, 0.2) is 0 Å². The first-order valence-electron chi connectivity index (χ1n) is 8.90. The lowest BCUT2D eigenvalue weighted by molar-refractivity contribution is -0.136. The third-order valence-corrected chi connectivity index (χ3v) is 5.14. The SMILES string of the molecule is O=C(NC1CC1)C(=O)Nn1c(C(=O)Nc2cccc(Cl)c2)cc2cc(Br)ccc21. The van der Waals surface area contributed by atoms with Gasteiger partial charge in [-0.25, -0.2) is 4.68 Å². The van der Waals surface area contributed by atoms with Crippen LogP contribution in [0.2, 0.25) is 5.02 Å². The number of anilines is 1. The van der Waals surface area contributed by atoms with E-state index in [1.807, 2.05) is 6.07 Å². The van der Waals surface area contributed by atoms with Gasteiger partial charge >= 0.3 is 11.8 Å². The van der Waals surface area contributed by atoms with Crippen molar-refractivity contribution >= 4 is 61.8 Å². The van der Waals surface area contributed by atoms with Crippen LogP contribution >= 0.6 is 27.5 Å². The van der Waals surface area contributed by atoms with Crippen LogP contribution in [-0.2, 0) is 9.59 Å². The molecule has 29 heavy (non-hydrogen) atoms. The number of carbonyl (C=O) groups is 3. The van der Waals surface area contributed by atoms with E-state index in [2.05, 4.69) is 32.0 Å². The van der Waals surface area contributed by atoms with Crippen molar-refractivity contribution in [3.05, 3.63) is 63.7 Å². The van der Waals surface area contributed by atoms with Gasteiger partial charge < -0.3 is 10.6 Å². The van der Waals surface area contributed by atoms with Crippen molar-refractivity contribution < 1.29 is 14.4 Å². The van der Waals surface area contributed by atoms with Crippen LogP contribution in [0.1, 0.15) is 23.3 Å². The van der Waals surface area contributed by atoms with E-state index in [4.69, 9.17) is 11.6 Å². The van der Waals surface area contributed by atoms with Crippen molar-refractivity contribution in [2.75, 3.05) is 10.7 Å². The second-order valence-corrected chi connectivity index (χ2v) is 8.07. The molecule has 1 aromatic heterocycles. The minimum atomic E-state index is -0.839. The van der Waals surface area contributed by atoms with E-state index in [-0.39, 0.29) is 11.7 Å². The fourth-order valence-corrected chi connectivity index (χ4v) is 3.44. The van der Waals surface area contributed by atoms with E-state index in [1.54, 1.807) is 42.5 Å². The average molecular weight is 476 g/mol. The van der Waals surface area contributed by atoms with E-state index in [0.717, 1.165) is 22.7 Å². The van der Waals surface area contributed by atoms with Gasteiger partial charge in [0, 0.05) is 26.6 Å². The summed E-state index contributed by atoms with van der Waals surface area (Å²) in [5.74, 6) is -2.02. The highest BCUT2D eigenvalue weighted by molar-refractivity contribution is 9.10. The second kappa shape index (κ2) is 7.88. The first kappa shape index (κ1) is 19.5. The molecule has 0 spiro atoms. The molecule has 148 valence electrons. The number of halogens is 2. The molecule has 3 N–H and O–H groups in total. The molecule has 0 saturated heterocycles. The zero-order valence-corrected chi connectivity index (χ0v) is 17.4. The van der Waals surface area contributed by atoms with Crippen molar-refractivity contribution in [2.24, 2.45) is 0 Å². The van der Waals surface area contributed by atoms with Crippen molar-refractivity contribution in [1.29, 1.82) is 0 Å². The summed E-state index contributed by atoms with van der Waals surface area (Å²) in [6, 6.07) is 13.8. The first-order chi connectivity index (χ1) is 13.9. The third kappa shape index (κ3) is 4.44. The van der Waals surface area contributed by atoms with Gasteiger partial charge in [-0.3, -0.25) is 19.8 Å². The highest BCUT2D eigenvalue weighted by Gasteiger charge is 2.27. The molecule has 0 radical (unpaired) electrons. The minimum absolute atomic E-state index is 0.0520. The Morgan fingerprint density at radius 1 is 1.03 bits per heavy atom. The molecule has 1 saturated carbocycles. The zero-order chi connectivity index (χ0) is 20.5. The Hall–Kier alpha value is -2.84. The largest absolute Gasteiger partial charge is 0.345 e. The Morgan fingerprint density at radius 2 is 1.83 bits per heavy atom. The van der Waals surface area contributed by atoms with Crippen molar-refractivity contribution in [3.8, 4) is 0 Å². The summed E-state index contributed by atoms with van der Waals surface area (Å²) < 4.78 is 2.14. The molecule has 4 rings (SSSR count). The molecule has 3 aromatic rings. The molecule has 2 aromatic carbocycles. The number of carbonyl (C=O) groups excluding carboxylic acids is 3. The molecule has 0 atom stereocenters. The number of aromatic nitrogens is 1. The van der Waals surface area contributed by atoms with Gasteiger partial charge in [-0.2, -0.15) is 0 Å². The maximum absolute atomic E-state index is 12.9. The van der Waals surface area contributed by atoms with Gasteiger partial charge in [-0.05, 0) is 55.3 Å². The lowest BCUT2D eigenvalue weighted by Crippen LogP contribution is -2.40. The van der Waals surface area contributed by atoms with Crippen LogP contribution in [-0.4, -0.2) is 28.4 Å². The maximum Gasteiger partial charge on any atom is 0.328 e. The quantitative estimate of drug-likeness (QED) is 0.503. The molecule has 3 amide bonds. The number of amides is 3. The van der Waals surface area contributed by atoms with E-state index >= 15 is 0 Å². The normalized spacial score (nSPS) is 13.2. The second-order valence-electron chi connectivity index (χ2n) is 6.72. The number of nitrogens with one attached hydrogen (secondary N) is 3. The zero-order valence-electron chi connectivity index (χ0n) is 15.0. The number of hydrogen-bond donors (Lipinski definition) is 3. The monoisotopic (exact) mass is 474 g/mol. The third-order valence-electron chi connectivity index (χ3n) is 4.41. The topological polar surface area (TPSA) is 92.2 Å². The number of rotatable bonds is 4. The van der Waals surface area contributed by atoms with Crippen molar-refractivity contribution in [3.63, 3.8) is 0 Å². The van der Waals surface area contributed by atoms with Crippen LogP contribution in [0, 0.1) is 0 Å². The predicted octanol–water partition coefficient (Wildman–Crippen LogP) is 3.66. The molecule has 0 unspecified atom stereocenters. The van der Waals surface area contributed by atoms with Crippen LogP contribution in [0.5, 0.6) is 0 Å². The van der Waals surface area contributed by atoms with Crippen LogP contribution in [0.3, 0.4) is 0 Å². The van der Waals surface area contributed by atoms with E-state index in [0.29, 0.717) is 16.2 Å². The lowest BCUT2D eigenvalue weighted by atomic mass is 10.2. The van der Waals surface area contributed by atoms with Gasteiger partial charge in [-0.1, -0.05) is 33.6 Å². The number of benzene rings is 2. The van der Waals surface area contributed by atoms with Gasteiger partial charge in [0.25, 0.3) is 5.91 Å². The van der Waals surface area contributed by atoms with E-state index in [9.17, 15) is 14.4 Å². The smallest absolute Gasteiger partial charge is 0.328 e. The van der Waals surface area contributed by atoms with Crippen LogP contribution in [0.4, 0.5) is 5.69 Å². The fraction of sp³-hybridized carbons (Fsp3) is 0.150. The average Bonchev–Trinajstić information content (AvgIpc) is 3.42. The number of hydrogen-bond acceptors (Lipinski definition) is 3. The van der Waals surface area contributed by atoms with Crippen LogP contribution in [0.15, 0.2) is 53.0 Å². The first-order valence-corrected chi connectivity index (χ1v) is 10.1. The van der Waals surface area contributed by atoms with Gasteiger partial charge in [-0.15, -0.1) is 0 Å². The molecule has 7 nitrogen and oxygen atoms in total. The maximum atomic E-state index is 12.9. The Bertz CT molecular complexity index is 1140. The number of nitrogens with zero attached hydrogens (tertiary/aromatic N) is 1. The Labute approximate surface area is 179 Å². The summed E-state index contributed by atoms with van der Waals surface area (Å²) in [7, 11) is 0. The molecule has 1 fully saturated rings. The van der Waals surface area contributed by atoms with E-state index < -0.39 is 17.7 Å². The standard InChI is InChI=1S/C20H16BrClN4O3/c21-12-4-7-16-11(8-12)9-17(18(27)24-15-3-1-2-13(22)10-15)26(16)25-20(29)19(28)23-14-5-6-14/h1-4,7-10,14H,5-6H2,(H,23,28)(H,24,27)(H,25,29). The Balaban J connectivity index is 1.66. The van der Waals surface area contributed by atoms with E-state index in [1.165, 1.54) is 4.68 Å². The van der Waals surface area contributed by atoms with Crippen LogP contribution in [0.25, 0.3) is 10.9 Å². The summed E-state index contributed by atoms with van der Waals surface area (Å²) >= 11 is 9.37. The summed E-state index contributed by atoms with van der Waals surface area (Å²) in [4.78, 5) is 37.3. The van der Waals surface area contributed by atoms with Crippen molar-refractivity contribution in [1.82, 2.24) is 9.99 Å². The van der Waals surface area contributed by atoms with Gasteiger partial charge in [0.2, 0.25) is 0 Å². The summed E-state index contributed by atoms with van der Waals surface area (Å²) in [6.45, 7) is 0. The Kier molecular flexibility index (Phi) is 5.29. The van der Waals surface area contributed by atoms with Crippen molar-refractivity contribution in [2.45, 2.75) is 18.9 Å². The highest BCUT2D eigenvalue weighted by Crippen LogP contribution is 2.24. The summed E-state index contributed by atoms with van der Waals surface area (Å²) in [5.41, 5.74) is 3.79. The molecule has 1 heterocycles. The predicted molar refractivity (Wildman–Crippen MR) is 115 cm³/mol. The highest BCUT2D eigenvalue weighted by atomic mass is 79.9. The number of fused-ring (bicyclic) bond motifs is 1. The van der Waals surface area contributed by atoms with Crippen LogP contribution < -0.4 is 16.1 Å². The fourth-order valence-electron chi connectivity index (χ4n) is 2.87. The summed E-state index contributed by atoms with van der Waals surface area (Å²) in [5, 5.41) is 6.59. The molecule has 0 bridgehead atoms. The summed E-state index contributed by atoms with van der Waals surface area (Å²) in [6.07, 6.45) is 1.74. The molecular weight excluding hydrogens is 460 g/mol. The Morgan fingerprint density at radius 3 is 2.55 bits per heavy atom. The van der Waals surface area contributed by atoms with Gasteiger partial charge in [0.1, 0.15) is 5.69 Å². The lowest BCUT2D eigenvalue weighted by Gasteiger charge is -2.12. The molecule has 1 aliphatic rings. The minimum Gasteiger partial charge on any atom is -0.345 e. The van der Waals surface area contributed by atoms with Gasteiger partial charge in [0.05, 0.1) is 5.52 Å². The molecular formula is C20H16BrClN4O3.